The van der Waals surface area contributed by atoms with Crippen molar-refractivity contribution in [3.63, 3.8) is 0 Å². The second-order valence-electron chi connectivity index (χ2n) is 6.97. The minimum atomic E-state index is -0.00251. The van der Waals surface area contributed by atoms with Gasteiger partial charge in [0, 0.05) is 30.2 Å². The van der Waals surface area contributed by atoms with Crippen LogP contribution in [0.2, 0.25) is 0 Å². The smallest absolute Gasteiger partial charge is 0.224 e. The number of amides is 1. The highest BCUT2D eigenvalue weighted by Crippen LogP contribution is 2.18. The molecule has 1 amide bonds. The molecule has 0 atom stereocenters. The molecule has 0 aliphatic rings. The van der Waals surface area contributed by atoms with Gasteiger partial charge >= 0.3 is 0 Å². The maximum absolute atomic E-state index is 12.2. The van der Waals surface area contributed by atoms with Gasteiger partial charge in [0.15, 0.2) is 11.6 Å². The minimum absolute atomic E-state index is 0.00251. The summed E-state index contributed by atoms with van der Waals surface area (Å²) >= 11 is 0. The first-order chi connectivity index (χ1) is 14.7. The van der Waals surface area contributed by atoms with Gasteiger partial charge in [0.2, 0.25) is 5.91 Å². The normalized spacial score (nSPS) is 10.6. The quantitative estimate of drug-likeness (QED) is 0.485. The van der Waals surface area contributed by atoms with E-state index >= 15 is 0 Å². The zero-order valence-electron chi connectivity index (χ0n) is 16.6. The molecule has 0 saturated carbocycles. The Hall–Kier alpha value is -4.00. The average Bonchev–Trinajstić information content (AvgIpc) is 3.29. The third-order valence-electron chi connectivity index (χ3n) is 4.55. The standard InChI is InChI=1S/C23H22N6O/c1-17-4-2-5-18(16-17)6-13-23(30)26-20-9-7-19(8-10-20)25-21-11-12-22(28-27-21)29-15-3-14-24-29/h2-5,7-12,14-16H,6,13H2,1H3,(H,25,27)(H,26,30). The second-order valence-corrected chi connectivity index (χ2v) is 6.97. The molecule has 0 fully saturated rings. The SMILES string of the molecule is Cc1cccc(CCC(=O)Nc2ccc(Nc3ccc(-n4cccn4)nn3)cc2)c1. The molecule has 2 aromatic heterocycles. The van der Waals surface area contributed by atoms with Gasteiger partial charge in [0.25, 0.3) is 0 Å². The number of carbonyl (C=O) groups excluding carboxylic acids is 1. The minimum Gasteiger partial charge on any atom is -0.339 e. The molecule has 7 heteroatoms. The van der Waals surface area contributed by atoms with Gasteiger partial charge in [-0.3, -0.25) is 4.79 Å². The van der Waals surface area contributed by atoms with E-state index in [2.05, 4.69) is 45.0 Å². The topological polar surface area (TPSA) is 84.7 Å². The van der Waals surface area contributed by atoms with E-state index in [1.165, 1.54) is 11.1 Å². The van der Waals surface area contributed by atoms with Crippen molar-refractivity contribution in [2.75, 3.05) is 10.6 Å². The summed E-state index contributed by atoms with van der Waals surface area (Å²) in [5, 5.41) is 18.6. The van der Waals surface area contributed by atoms with Crippen LogP contribution in [-0.2, 0) is 11.2 Å². The van der Waals surface area contributed by atoms with E-state index in [0.29, 0.717) is 18.1 Å². The van der Waals surface area contributed by atoms with E-state index in [-0.39, 0.29) is 5.91 Å². The average molecular weight is 398 g/mol. The Balaban J connectivity index is 1.30. The summed E-state index contributed by atoms with van der Waals surface area (Å²) in [5.74, 6) is 1.27. The molecule has 0 aliphatic carbocycles. The molecule has 0 unspecified atom stereocenters. The van der Waals surface area contributed by atoms with Crippen molar-refractivity contribution in [3.05, 3.63) is 90.3 Å². The van der Waals surface area contributed by atoms with Crippen molar-refractivity contribution in [1.29, 1.82) is 0 Å². The third-order valence-corrected chi connectivity index (χ3v) is 4.55. The van der Waals surface area contributed by atoms with Crippen LogP contribution >= 0.6 is 0 Å². The third kappa shape index (κ3) is 5.08. The summed E-state index contributed by atoms with van der Waals surface area (Å²) in [6.07, 6.45) is 4.67. The molecule has 2 aromatic carbocycles. The number of anilines is 3. The summed E-state index contributed by atoms with van der Waals surface area (Å²) in [6.45, 7) is 2.05. The van der Waals surface area contributed by atoms with Crippen molar-refractivity contribution in [2.24, 2.45) is 0 Å². The van der Waals surface area contributed by atoms with E-state index in [1.807, 2.05) is 60.8 Å². The zero-order chi connectivity index (χ0) is 20.8. The van der Waals surface area contributed by atoms with Crippen molar-refractivity contribution in [2.45, 2.75) is 19.8 Å². The number of rotatable bonds is 7. The molecule has 0 spiro atoms. The Morgan fingerprint density at radius 1 is 0.967 bits per heavy atom. The lowest BCUT2D eigenvalue weighted by atomic mass is 10.1. The van der Waals surface area contributed by atoms with Gasteiger partial charge in [-0.1, -0.05) is 29.8 Å². The molecule has 0 saturated heterocycles. The lowest BCUT2D eigenvalue weighted by Gasteiger charge is -2.09. The van der Waals surface area contributed by atoms with E-state index in [0.717, 1.165) is 17.8 Å². The van der Waals surface area contributed by atoms with Crippen LogP contribution in [0.4, 0.5) is 17.2 Å². The molecular weight excluding hydrogens is 376 g/mol. The van der Waals surface area contributed by atoms with Gasteiger partial charge < -0.3 is 10.6 Å². The Morgan fingerprint density at radius 2 is 1.80 bits per heavy atom. The van der Waals surface area contributed by atoms with Crippen LogP contribution in [0.1, 0.15) is 17.5 Å². The number of hydrogen-bond acceptors (Lipinski definition) is 5. The Kier molecular flexibility index (Phi) is 5.80. The van der Waals surface area contributed by atoms with E-state index in [1.54, 1.807) is 10.9 Å². The molecule has 2 N–H and O–H groups in total. The highest BCUT2D eigenvalue weighted by Gasteiger charge is 2.05. The van der Waals surface area contributed by atoms with Gasteiger partial charge in [0.05, 0.1) is 0 Å². The molecule has 0 aliphatic heterocycles. The highest BCUT2D eigenvalue weighted by atomic mass is 16.1. The molecule has 150 valence electrons. The van der Waals surface area contributed by atoms with Crippen LogP contribution in [0, 0.1) is 6.92 Å². The molecule has 2 heterocycles. The number of nitrogens with zero attached hydrogens (tertiary/aromatic N) is 4. The van der Waals surface area contributed by atoms with Gasteiger partial charge in [-0.05, 0) is 61.4 Å². The molecule has 4 aromatic rings. The monoisotopic (exact) mass is 398 g/mol. The molecule has 0 bridgehead atoms. The number of carbonyl (C=O) groups is 1. The van der Waals surface area contributed by atoms with Crippen molar-refractivity contribution < 1.29 is 4.79 Å². The van der Waals surface area contributed by atoms with Gasteiger partial charge in [-0.2, -0.15) is 5.10 Å². The maximum atomic E-state index is 12.2. The van der Waals surface area contributed by atoms with E-state index < -0.39 is 0 Å². The fraction of sp³-hybridized carbons (Fsp3) is 0.130. The van der Waals surface area contributed by atoms with Crippen molar-refractivity contribution in [1.82, 2.24) is 20.0 Å². The highest BCUT2D eigenvalue weighted by molar-refractivity contribution is 5.91. The molecule has 7 nitrogen and oxygen atoms in total. The van der Waals surface area contributed by atoms with Gasteiger partial charge in [0.1, 0.15) is 0 Å². The molecule has 4 rings (SSSR count). The summed E-state index contributed by atoms with van der Waals surface area (Å²) in [6, 6.07) is 21.2. The van der Waals surface area contributed by atoms with Crippen molar-refractivity contribution in [3.8, 4) is 5.82 Å². The van der Waals surface area contributed by atoms with Crippen molar-refractivity contribution >= 4 is 23.1 Å². The zero-order valence-corrected chi connectivity index (χ0v) is 16.6. The molecular formula is C23H22N6O. The number of nitrogens with one attached hydrogen (secondary N) is 2. The Morgan fingerprint density at radius 3 is 2.50 bits per heavy atom. The first kappa shape index (κ1) is 19.3. The number of aromatic nitrogens is 4. The van der Waals surface area contributed by atoms with Crippen LogP contribution in [0.5, 0.6) is 0 Å². The first-order valence-corrected chi connectivity index (χ1v) is 9.72. The molecule has 30 heavy (non-hydrogen) atoms. The fourth-order valence-electron chi connectivity index (χ4n) is 3.05. The molecule has 0 radical (unpaired) electrons. The lowest BCUT2D eigenvalue weighted by molar-refractivity contribution is -0.116. The van der Waals surface area contributed by atoms with E-state index in [9.17, 15) is 4.79 Å². The summed E-state index contributed by atoms with van der Waals surface area (Å²) in [5.41, 5.74) is 3.99. The predicted molar refractivity (Wildman–Crippen MR) is 117 cm³/mol. The van der Waals surface area contributed by atoms with E-state index in [4.69, 9.17) is 0 Å². The fourth-order valence-corrected chi connectivity index (χ4v) is 3.05. The maximum Gasteiger partial charge on any atom is 0.224 e. The summed E-state index contributed by atoms with van der Waals surface area (Å²) < 4.78 is 1.65. The van der Waals surface area contributed by atoms with Crippen LogP contribution in [0.15, 0.2) is 79.1 Å². The first-order valence-electron chi connectivity index (χ1n) is 9.72. The largest absolute Gasteiger partial charge is 0.339 e. The Bertz CT molecular complexity index is 1110. The predicted octanol–water partition coefficient (Wildman–Crippen LogP) is 4.29. The Labute approximate surface area is 174 Å². The lowest BCUT2D eigenvalue weighted by Crippen LogP contribution is -2.12. The summed E-state index contributed by atoms with van der Waals surface area (Å²) in [4.78, 5) is 12.2. The van der Waals surface area contributed by atoms with Crippen LogP contribution in [-0.4, -0.2) is 25.9 Å². The van der Waals surface area contributed by atoms with Gasteiger partial charge in [-0.25, -0.2) is 4.68 Å². The number of hydrogen-bond donors (Lipinski definition) is 2. The summed E-state index contributed by atoms with van der Waals surface area (Å²) in [7, 11) is 0. The number of aryl methyl sites for hydroxylation is 2. The second kappa shape index (κ2) is 9.00. The van der Waals surface area contributed by atoms with Gasteiger partial charge in [-0.15, -0.1) is 10.2 Å². The van der Waals surface area contributed by atoms with Crippen LogP contribution < -0.4 is 10.6 Å². The van der Waals surface area contributed by atoms with Crippen LogP contribution in [0.3, 0.4) is 0 Å². The number of benzene rings is 2. The van der Waals surface area contributed by atoms with Crippen LogP contribution in [0.25, 0.3) is 5.82 Å².